The van der Waals surface area contributed by atoms with Crippen molar-refractivity contribution in [1.82, 2.24) is 4.31 Å². The molecule has 0 aliphatic carbocycles. The zero-order valence-electron chi connectivity index (χ0n) is 9.50. The highest BCUT2D eigenvalue weighted by Crippen LogP contribution is 2.26. The van der Waals surface area contributed by atoms with Crippen molar-refractivity contribution in [3.63, 3.8) is 0 Å². The van der Waals surface area contributed by atoms with Crippen LogP contribution in [-0.2, 0) is 10.2 Å². The molecule has 1 saturated heterocycles. The van der Waals surface area contributed by atoms with Crippen molar-refractivity contribution in [1.29, 1.82) is 5.26 Å². The van der Waals surface area contributed by atoms with E-state index in [0.717, 1.165) is 6.42 Å². The summed E-state index contributed by atoms with van der Waals surface area (Å²) in [4.78, 5) is 0. The molecule has 0 atom stereocenters. The maximum absolute atomic E-state index is 12.1. The van der Waals surface area contributed by atoms with E-state index in [9.17, 15) is 8.42 Å². The van der Waals surface area contributed by atoms with E-state index in [0.29, 0.717) is 24.3 Å². The third-order valence-electron chi connectivity index (χ3n) is 2.80. The third-order valence-corrected chi connectivity index (χ3v) is 4.71. The van der Waals surface area contributed by atoms with Crippen molar-refractivity contribution >= 4 is 15.9 Å². The van der Waals surface area contributed by atoms with Crippen LogP contribution >= 0.6 is 0 Å². The fourth-order valence-corrected chi connectivity index (χ4v) is 3.33. The SMILES string of the molecule is CN1CCCN(c2ccccc2C#N)S1(=O)=O. The Bertz CT molecular complexity index is 562. The Hall–Kier alpha value is -1.58. The minimum absolute atomic E-state index is 0.381. The number of hydrogen-bond acceptors (Lipinski definition) is 3. The highest BCUT2D eigenvalue weighted by Gasteiger charge is 2.32. The second-order valence-corrected chi connectivity index (χ2v) is 5.84. The molecular formula is C11H13N3O2S. The maximum Gasteiger partial charge on any atom is 0.303 e. The zero-order chi connectivity index (χ0) is 12.5. The molecule has 0 N–H and O–H groups in total. The topological polar surface area (TPSA) is 64.4 Å². The van der Waals surface area contributed by atoms with Gasteiger partial charge in [-0.3, -0.25) is 4.31 Å². The number of para-hydroxylation sites is 1. The summed E-state index contributed by atoms with van der Waals surface area (Å²) in [5.41, 5.74) is 0.841. The van der Waals surface area contributed by atoms with Crippen LogP contribution in [0.1, 0.15) is 12.0 Å². The summed E-state index contributed by atoms with van der Waals surface area (Å²) < 4.78 is 26.9. The van der Waals surface area contributed by atoms with Crippen molar-refractivity contribution < 1.29 is 8.42 Å². The van der Waals surface area contributed by atoms with Gasteiger partial charge < -0.3 is 0 Å². The molecule has 1 aliphatic heterocycles. The van der Waals surface area contributed by atoms with Gasteiger partial charge in [-0.15, -0.1) is 0 Å². The normalized spacial score (nSPS) is 19.9. The standard InChI is InChI=1S/C11H13N3O2S/c1-13-7-4-8-14(17(13,15)16)11-6-3-2-5-10(11)9-12/h2-3,5-6H,4,7-8H2,1H3. The lowest BCUT2D eigenvalue weighted by Gasteiger charge is -2.34. The summed E-state index contributed by atoms with van der Waals surface area (Å²) in [5, 5.41) is 9.00. The minimum atomic E-state index is -3.47. The molecule has 0 unspecified atom stereocenters. The largest absolute Gasteiger partial charge is 0.303 e. The van der Waals surface area contributed by atoms with Gasteiger partial charge in [-0.1, -0.05) is 12.1 Å². The van der Waals surface area contributed by atoms with E-state index in [4.69, 9.17) is 5.26 Å². The van der Waals surface area contributed by atoms with Crippen LogP contribution in [-0.4, -0.2) is 32.9 Å². The maximum atomic E-state index is 12.1. The Kier molecular flexibility index (Phi) is 3.05. The highest BCUT2D eigenvalue weighted by molar-refractivity contribution is 7.90. The fraction of sp³-hybridized carbons (Fsp3) is 0.364. The monoisotopic (exact) mass is 251 g/mol. The molecule has 6 heteroatoms. The van der Waals surface area contributed by atoms with Crippen LogP contribution in [0.4, 0.5) is 5.69 Å². The molecule has 17 heavy (non-hydrogen) atoms. The van der Waals surface area contributed by atoms with Crippen LogP contribution in [0.5, 0.6) is 0 Å². The predicted octanol–water partition coefficient (Wildman–Crippen LogP) is 0.945. The molecule has 0 bridgehead atoms. The minimum Gasteiger partial charge on any atom is -0.256 e. The smallest absolute Gasteiger partial charge is 0.256 e. The van der Waals surface area contributed by atoms with Gasteiger partial charge in [0.1, 0.15) is 6.07 Å². The van der Waals surface area contributed by atoms with Gasteiger partial charge in [0.25, 0.3) is 0 Å². The van der Waals surface area contributed by atoms with E-state index in [1.54, 1.807) is 31.3 Å². The number of rotatable bonds is 1. The van der Waals surface area contributed by atoms with Crippen molar-refractivity contribution in [2.45, 2.75) is 6.42 Å². The van der Waals surface area contributed by atoms with Crippen LogP contribution in [0.2, 0.25) is 0 Å². The van der Waals surface area contributed by atoms with Gasteiger partial charge in [0.2, 0.25) is 0 Å². The second-order valence-electron chi connectivity index (χ2n) is 3.88. The number of hydrogen-bond donors (Lipinski definition) is 0. The molecule has 1 fully saturated rings. The Morgan fingerprint density at radius 1 is 1.29 bits per heavy atom. The number of nitriles is 1. The van der Waals surface area contributed by atoms with Gasteiger partial charge in [0.05, 0.1) is 11.3 Å². The number of anilines is 1. The molecule has 1 aromatic carbocycles. The van der Waals surface area contributed by atoms with E-state index < -0.39 is 10.2 Å². The fourth-order valence-electron chi connectivity index (χ4n) is 1.87. The van der Waals surface area contributed by atoms with Gasteiger partial charge in [-0.05, 0) is 18.6 Å². The first kappa shape index (κ1) is 11.9. The summed E-state index contributed by atoms with van der Waals surface area (Å²) in [7, 11) is -1.92. The summed E-state index contributed by atoms with van der Waals surface area (Å²) >= 11 is 0. The molecular weight excluding hydrogens is 238 g/mol. The summed E-state index contributed by atoms with van der Waals surface area (Å²) in [5.74, 6) is 0. The summed E-state index contributed by atoms with van der Waals surface area (Å²) in [6, 6.07) is 8.77. The lowest BCUT2D eigenvalue weighted by Crippen LogP contribution is -2.48. The summed E-state index contributed by atoms with van der Waals surface area (Å²) in [6.07, 6.45) is 0.759. The molecule has 0 radical (unpaired) electrons. The predicted molar refractivity (Wildman–Crippen MR) is 64.7 cm³/mol. The lowest BCUT2D eigenvalue weighted by molar-refractivity contribution is 0.438. The molecule has 5 nitrogen and oxygen atoms in total. The van der Waals surface area contributed by atoms with E-state index in [1.165, 1.54) is 8.61 Å². The molecule has 0 amide bonds. The van der Waals surface area contributed by atoms with Gasteiger partial charge in [0.15, 0.2) is 0 Å². The molecule has 2 rings (SSSR count). The van der Waals surface area contributed by atoms with Gasteiger partial charge in [-0.25, -0.2) is 0 Å². The second kappa shape index (κ2) is 4.35. The van der Waals surface area contributed by atoms with Gasteiger partial charge in [-0.2, -0.15) is 18.0 Å². The van der Waals surface area contributed by atoms with Crippen molar-refractivity contribution in [3.8, 4) is 6.07 Å². The van der Waals surface area contributed by atoms with E-state index >= 15 is 0 Å². The molecule has 1 heterocycles. The molecule has 0 spiro atoms. The Labute approximate surface area is 101 Å². The first-order chi connectivity index (χ1) is 8.07. The van der Waals surface area contributed by atoms with Crippen LogP contribution < -0.4 is 4.31 Å². The average molecular weight is 251 g/mol. The Balaban J connectivity index is 2.50. The third kappa shape index (κ3) is 1.99. The van der Waals surface area contributed by atoms with Crippen molar-refractivity contribution in [3.05, 3.63) is 29.8 Å². The first-order valence-corrected chi connectivity index (χ1v) is 6.70. The Morgan fingerprint density at radius 3 is 2.71 bits per heavy atom. The molecule has 0 aromatic heterocycles. The molecule has 1 aliphatic rings. The first-order valence-electron chi connectivity index (χ1n) is 5.30. The van der Waals surface area contributed by atoms with Crippen LogP contribution in [0.25, 0.3) is 0 Å². The number of benzene rings is 1. The van der Waals surface area contributed by atoms with Gasteiger partial charge >= 0.3 is 10.2 Å². The van der Waals surface area contributed by atoms with Crippen LogP contribution in [0, 0.1) is 11.3 Å². The van der Waals surface area contributed by atoms with E-state index in [-0.39, 0.29) is 0 Å². The molecule has 90 valence electrons. The number of nitrogens with zero attached hydrogens (tertiary/aromatic N) is 3. The molecule has 1 aromatic rings. The zero-order valence-corrected chi connectivity index (χ0v) is 10.3. The van der Waals surface area contributed by atoms with Gasteiger partial charge in [0, 0.05) is 20.1 Å². The Morgan fingerprint density at radius 2 is 2.00 bits per heavy atom. The van der Waals surface area contributed by atoms with Crippen molar-refractivity contribution in [2.24, 2.45) is 0 Å². The van der Waals surface area contributed by atoms with E-state index in [1.807, 2.05) is 6.07 Å². The van der Waals surface area contributed by atoms with Crippen molar-refractivity contribution in [2.75, 3.05) is 24.4 Å². The average Bonchev–Trinajstić information content (AvgIpc) is 2.33. The highest BCUT2D eigenvalue weighted by atomic mass is 32.2. The van der Waals surface area contributed by atoms with Crippen LogP contribution in [0.3, 0.4) is 0 Å². The quantitative estimate of drug-likeness (QED) is 0.746. The lowest BCUT2D eigenvalue weighted by atomic mass is 10.2. The van der Waals surface area contributed by atoms with Crippen LogP contribution in [0.15, 0.2) is 24.3 Å². The summed E-state index contributed by atoms with van der Waals surface area (Å²) in [6.45, 7) is 0.943. The molecule has 0 saturated carbocycles. The van der Waals surface area contributed by atoms with E-state index in [2.05, 4.69) is 0 Å².